The third-order valence-electron chi connectivity index (χ3n) is 1.93. The second kappa shape index (κ2) is 4.11. The number of hydrogen-bond donors (Lipinski definition) is 3. The van der Waals surface area contributed by atoms with Gasteiger partial charge in [-0.05, 0) is 19.3 Å². The topological polar surface area (TPSA) is 75.3 Å². The zero-order chi connectivity index (χ0) is 8.97. The normalized spacial score (nSPS) is 18.2. The largest absolute Gasteiger partial charge is 0.480 e. The van der Waals surface area contributed by atoms with Crippen LogP contribution in [-0.4, -0.2) is 23.7 Å². The van der Waals surface area contributed by atoms with E-state index in [4.69, 9.17) is 10.8 Å². The first kappa shape index (κ1) is 9.06. The van der Waals surface area contributed by atoms with Crippen LogP contribution in [0, 0.1) is 0 Å². The Bertz CT molecular complexity index is 201. The predicted octanol–water partition coefficient (Wildman–Crippen LogP) is 0.0557. The lowest BCUT2D eigenvalue weighted by Crippen LogP contribution is -2.30. The van der Waals surface area contributed by atoms with Crippen LogP contribution in [0.3, 0.4) is 0 Å². The van der Waals surface area contributed by atoms with Gasteiger partial charge in [-0.25, -0.2) is 0 Å². The molecule has 1 unspecified atom stereocenters. The van der Waals surface area contributed by atoms with E-state index in [0.717, 1.165) is 25.1 Å². The molecule has 0 saturated heterocycles. The first-order valence-corrected chi connectivity index (χ1v) is 4.11. The Kier molecular flexibility index (Phi) is 3.10. The van der Waals surface area contributed by atoms with Crippen LogP contribution >= 0.6 is 0 Å². The summed E-state index contributed by atoms with van der Waals surface area (Å²) in [5, 5.41) is 11.7. The Balaban J connectivity index is 2.20. The van der Waals surface area contributed by atoms with E-state index < -0.39 is 12.0 Å². The molecule has 68 valence electrons. The first-order valence-electron chi connectivity index (χ1n) is 4.11. The molecule has 4 heteroatoms. The lowest BCUT2D eigenvalue weighted by atomic mass is 10.1. The highest BCUT2D eigenvalue weighted by molar-refractivity contribution is 5.73. The molecule has 0 bridgehead atoms. The van der Waals surface area contributed by atoms with Gasteiger partial charge in [0.05, 0.1) is 0 Å². The van der Waals surface area contributed by atoms with Crippen molar-refractivity contribution < 1.29 is 9.90 Å². The van der Waals surface area contributed by atoms with Crippen LogP contribution in [-0.2, 0) is 4.79 Å². The SMILES string of the molecule is NC(CCC1=CCCN1)C(=O)O. The molecule has 1 heterocycles. The number of hydrogen-bond acceptors (Lipinski definition) is 3. The Hall–Kier alpha value is -1.03. The molecule has 4 nitrogen and oxygen atoms in total. The number of allylic oxidation sites excluding steroid dienone is 1. The van der Waals surface area contributed by atoms with Gasteiger partial charge >= 0.3 is 5.97 Å². The second-order valence-electron chi connectivity index (χ2n) is 2.93. The number of carboxylic acids is 1. The maximum Gasteiger partial charge on any atom is 0.320 e. The standard InChI is InChI=1S/C8H14N2O2/c9-7(8(11)12)4-3-6-2-1-5-10-6/h2,7,10H,1,3-5,9H2,(H,11,12). The Morgan fingerprint density at radius 1 is 1.83 bits per heavy atom. The molecule has 1 atom stereocenters. The van der Waals surface area contributed by atoms with Gasteiger partial charge in [0.1, 0.15) is 6.04 Å². The van der Waals surface area contributed by atoms with E-state index in [0.29, 0.717) is 6.42 Å². The minimum atomic E-state index is -0.923. The lowest BCUT2D eigenvalue weighted by Gasteiger charge is -2.07. The molecule has 0 spiro atoms. The average molecular weight is 170 g/mol. The summed E-state index contributed by atoms with van der Waals surface area (Å²) < 4.78 is 0. The van der Waals surface area contributed by atoms with Gasteiger partial charge in [0.25, 0.3) is 0 Å². The highest BCUT2D eigenvalue weighted by atomic mass is 16.4. The number of nitrogens with two attached hydrogens (primary N) is 1. The van der Waals surface area contributed by atoms with Crippen LogP contribution in [0.25, 0.3) is 0 Å². The second-order valence-corrected chi connectivity index (χ2v) is 2.93. The zero-order valence-corrected chi connectivity index (χ0v) is 6.92. The molecular weight excluding hydrogens is 156 g/mol. The molecule has 0 aromatic heterocycles. The van der Waals surface area contributed by atoms with Gasteiger partial charge < -0.3 is 16.2 Å². The molecule has 0 aromatic rings. The molecule has 1 aliphatic heterocycles. The van der Waals surface area contributed by atoms with Crippen LogP contribution in [0.4, 0.5) is 0 Å². The van der Waals surface area contributed by atoms with Gasteiger partial charge in [-0.2, -0.15) is 0 Å². The number of carbonyl (C=O) groups is 1. The summed E-state index contributed by atoms with van der Waals surface area (Å²) in [5.41, 5.74) is 6.47. The fourth-order valence-corrected chi connectivity index (χ4v) is 1.18. The zero-order valence-electron chi connectivity index (χ0n) is 6.92. The van der Waals surface area contributed by atoms with Gasteiger partial charge in [-0.15, -0.1) is 0 Å². The van der Waals surface area contributed by atoms with Crippen molar-refractivity contribution in [2.24, 2.45) is 5.73 Å². The Morgan fingerprint density at radius 2 is 2.58 bits per heavy atom. The van der Waals surface area contributed by atoms with E-state index in [-0.39, 0.29) is 0 Å². The van der Waals surface area contributed by atoms with E-state index in [1.807, 2.05) is 0 Å². The predicted molar refractivity (Wildman–Crippen MR) is 45.5 cm³/mol. The van der Waals surface area contributed by atoms with Crippen molar-refractivity contribution in [3.63, 3.8) is 0 Å². The summed E-state index contributed by atoms with van der Waals surface area (Å²) in [4.78, 5) is 10.3. The molecule has 4 N–H and O–H groups in total. The summed E-state index contributed by atoms with van der Waals surface area (Å²) in [6.45, 7) is 0.970. The van der Waals surface area contributed by atoms with Crippen LogP contribution in [0.1, 0.15) is 19.3 Å². The van der Waals surface area contributed by atoms with Crippen molar-refractivity contribution in [3.8, 4) is 0 Å². The summed E-state index contributed by atoms with van der Waals surface area (Å²) in [6, 6.07) is -0.728. The average Bonchev–Trinajstić information content (AvgIpc) is 2.51. The van der Waals surface area contributed by atoms with E-state index >= 15 is 0 Å². The molecule has 12 heavy (non-hydrogen) atoms. The molecule has 0 radical (unpaired) electrons. The molecule has 0 saturated carbocycles. The van der Waals surface area contributed by atoms with Gasteiger partial charge in [-0.3, -0.25) is 4.79 Å². The van der Waals surface area contributed by atoms with Crippen molar-refractivity contribution in [1.82, 2.24) is 5.32 Å². The molecule has 0 fully saturated rings. The molecular formula is C8H14N2O2. The van der Waals surface area contributed by atoms with Gasteiger partial charge in [0.2, 0.25) is 0 Å². The van der Waals surface area contributed by atoms with Crippen LogP contribution in [0.5, 0.6) is 0 Å². The quantitative estimate of drug-likeness (QED) is 0.557. The van der Waals surface area contributed by atoms with Gasteiger partial charge in [-0.1, -0.05) is 6.08 Å². The summed E-state index contributed by atoms with van der Waals surface area (Å²) in [5.74, 6) is -0.923. The number of aliphatic carboxylic acids is 1. The van der Waals surface area contributed by atoms with Crippen LogP contribution < -0.4 is 11.1 Å². The summed E-state index contributed by atoms with van der Waals surface area (Å²) in [6.07, 6.45) is 4.38. The van der Waals surface area contributed by atoms with Crippen molar-refractivity contribution in [2.45, 2.75) is 25.3 Å². The van der Waals surface area contributed by atoms with Crippen molar-refractivity contribution >= 4 is 5.97 Å². The summed E-state index contributed by atoms with van der Waals surface area (Å²) >= 11 is 0. The minimum Gasteiger partial charge on any atom is -0.480 e. The number of nitrogens with one attached hydrogen (secondary N) is 1. The van der Waals surface area contributed by atoms with E-state index in [1.165, 1.54) is 0 Å². The Labute approximate surface area is 71.4 Å². The minimum absolute atomic E-state index is 0.508. The number of carboxylic acid groups (broad SMARTS) is 1. The highest BCUT2D eigenvalue weighted by Gasteiger charge is 2.12. The maximum absolute atomic E-state index is 10.3. The number of rotatable bonds is 4. The van der Waals surface area contributed by atoms with Crippen molar-refractivity contribution in [3.05, 3.63) is 11.8 Å². The summed E-state index contributed by atoms with van der Waals surface area (Å²) in [7, 11) is 0. The van der Waals surface area contributed by atoms with Gasteiger partial charge in [0, 0.05) is 12.2 Å². The lowest BCUT2D eigenvalue weighted by molar-refractivity contribution is -0.138. The highest BCUT2D eigenvalue weighted by Crippen LogP contribution is 2.09. The molecule has 1 aliphatic rings. The van der Waals surface area contributed by atoms with E-state index in [9.17, 15) is 4.79 Å². The first-order chi connectivity index (χ1) is 5.70. The Morgan fingerprint density at radius 3 is 3.08 bits per heavy atom. The molecule has 0 aliphatic carbocycles. The van der Waals surface area contributed by atoms with Crippen LogP contribution in [0.15, 0.2) is 11.8 Å². The third kappa shape index (κ3) is 2.54. The molecule has 0 aromatic carbocycles. The smallest absolute Gasteiger partial charge is 0.320 e. The monoisotopic (exact) mass is 170 g/mol. The van der Waals surface area contributed by atoms with E-state index in [1.54, 1.807) is 0 Å². The van der Waals surface area contributed by atoms with Gasteiger partial charge in [0.15, 0.2) is 0 Å². The van der Waals surface area contributed by atoms with Crippen molar-refractivity contribution in [2.75, 3.05) is 6.54 Å². The fourth-order valence-electron chi connectivity index (χ4n) is 1.18. The van der Waals surface area contributed by atoms with Crippen molar-refractivity contribution in [1.29, 1.82) is 0 Å². The maximum atomic E-state index is 10.3. The molecule has 0 amide bonds. The fraction of sp³-hybridized carbons (Fsp3) is 0.625. The third-order valence-corrected chi connectivity index (χ3v) is 1.93. The molecule has 1 rings (SSSR count). The van der Waals surface area contributed by atoms with Crippen LogP contribution in [0.2, 0.25) is 0 Å². The van der Waals surface area contributed by atoms with E-state index in [2.05, 4.69) is 11.4 Å².